The predicted molar refractivity (Wildman–Crippen MR) is 134 cm³/mol. The highest BCUT2D eigenvalue weighted by Gasteiger charge is 2.38. The molecule has 5 heterocycles. The molecule has 4 aromatic rings. The van der Waals surface area contributed by atoms with Gasteiger partial charge in [-0.25, -0.2) is 15.0 Å². The van der Waals surface area contributed by atoms with Gasteiger partial charge in [0.05, 0.1) is 17.4 Å². The predicted octanol–water partition coefficient (Wildman–Crippen LogP) is 1.86. The molecule has 0 radical (unpaired) electrons. The van der Waals surface area contributed by atoms with Gasteiger partial charge in [0, 0.05) is 36.8 Å². The molecule has 0 fully saturated rings. The second-order valence-corrected chi connectivity index (χ2v) is 9.30. The van der Waals surface area contributed by atoms with Gasteiger partial charge in [-0.05, 0) is 48.7 Å². The number of hydrogen-bond donors (Lipinski definition) is 3. The van der Waals surface area contributed by atoms with Gasteiger partial charge in [-0.1, -0.05) is 24.0 Å². The number of nitrogens with zero attached hydrogens (tertiary/aromatic N) is 6. The van der Waals surface area contributed by atoms with Crippen molar-refractivity contribution in [3.8, 4) is 23.2 Å². The lowest BCUT2D eigenvalue weighted by molar-refractivity contribution is 0.0989. The number of hydrogen-bond acceptors (Lipinski definition) is 7. The molecule has 0 spiro atoms. The summed E-state index contributed by atoms with van der Waals surface area (Å²) in [6, 6.07) is 8.98. The number of benzene rings is 1. The van der Waals surface area contributed by atoms with Crippen LogP contribution in [0.15, 0.2) is 55.0 Å². The number of allylic oxidation sites excluding steroid dienone is 2. The molecule has 0 saturated heterocycles. The molecule has 2 bridgehead atoms. The second-order valence-electron chi connectivity index (χ2n) is 9.30. The topological polar surface area (TPSA) is 145 Å². The Morgan fingerprint density at radius 2 is 1.97 bits per heavy atom. The first-order valence-corrected chi connectivity index (χ1v) is 11.7. The first-order chi connectivity index (χ1) is 17.7. The standard InChI is InChI=1S/C27H23N7O3/c1-27(37,26-29-9-3-10-30-26)8-6-15-4-5-18-16-13-17(14-16)34-22(23(35)20-7-11-31-33(20)2)21(24(28)36)32-25(34)19(18)12-15/h3-5,7,9-13,17,23,35,37H,14H2,1-2H3,(H2,28,36)/t17?,23?,27-/m1/s1. The smallest absolute Gasteiger partial charge is 0.269 e. The number of imidazole rings is 1. The van der Waals surface area contributed by atoms with Gasteiger partial charge in [-0.3, -0.25) is 9.48 Å². The van der Waals surface area contributed by atoms with Crippen LogP contribution in [0, 0.1) is 11.8 Å². The van der Waals surface area contributed by atoms with Crippen LogP contribution in [0.25, 0.3) is 17.0 Å². The molecule has 0 saturated carbocycles. The van der Waals surface area contributed by atoms with Crippen LogP contribution in [0.3, 0.4) is 0 Å². The van der Waals surface area contributed by atoms with E-state index in [2.05, 4.69) is 38.0 Å². The van der Waals surface area contributed by atoms with Crippen LogP contribution in [0.4, 0.5) is 0 Å². The van der Waals surface area contributed by atoms with E-state index in [1.165, 1.54) is 6.92 Å². The molecule has 3 atom stereocenters. The maximum atomic E-state index is 12.5. The van der Waals surface area contributed by atoms with Gasteiger partial charge in [0.15, 0.2) is 17.1 Å². The number of aromatic nitrogens is 6. The van der Waals surface area contributed by atoms with E-state index >= 15 is 0 Å². The summed E-state index contributed by atoms with van der Waals surface area (Å²) in [7, 11) is 1.72. The Kier molecular flexibility index (Phi) is 5.08. The normalized spacial score (nSPS) is 17.6. The number of aliphatic hydroxyl groups is 2. The number of carbonyl (C=O) groups excluding carboxylic acids is 1. The number of rotatable bonds is 4. The summed E-state index contributed by atoms with van der Waals surface area (Å²) in [6.45, 7) is 1.54. The number of nitrogens with two attached hydrogens (primary N) is 1. The van der Waals surface area contributed by atoms with Gasteiger partial charge in [0.2, 0.25) is 0 Å². The van der Waals surface area contributed by atoms with Crippen molar-refractivity contribution < 1.29 is 15.0 Å². The summed E-state index contributed by atoms with van der Waals surface area (Å²) < 4.78 is 3.44. The number of primary amides is 1. The SMILES string of the molecule is Cn1nccc1C(O)c1c(C(N)=O)nc2n1C1C=C(C1)c1ccc(C#C[C@@](C)(O)c3ncccn3)cc1-2. The van der Waals surface area contributed by atoms with Crippen molar-refractivity contribution in [2.75, 3.05) is 0 Å². The molecule has 184 valence electrons. The van der Waals surface area contributed by atoms with Crippen molar-refractivity contribution in [1.82, 2.24) is 29.3 Å². The summed E-state index contributed by atoms with van der Waals surface area (Å²) in [5.74, 6) is 5.88. The molecule has 4 N–H and O–H groups in total. The minimum Gasteiger partial charge on any atom is -0.380 e. The lowest BCUT2D eigenvalue weighted by Crippen LogP contribution is -2.22. The van der Waals surface area contributed by atoms with E-state index in [0.717, 1.165) is 23.1 Å². The number of amides is 1. The van der Waals surface area contributed by atoms with E-state index < -0.39 is 17.6 Å². The molecule has 3 aliphatic rings. The van der Waals surface area contributed by atoms with Crippen LogP contribution in [0.1, 0.15) is 64.3 Å². The molecule has 2 aliphatic heterocycles. The van der Waals surface area contributed by atoms with Crippen LogP contribution in [-0.2, 0) is 12.6 Å². The fraction of sp³-hybridized carbons (Fsp3) is 0.222. The van der Waals surface area contributed by atoms with Crippen LogP contribution >= 0.6 is 0 Å². The van der Waals surface area contributed by atoms with Crippen molar-refractivity contribution in [3.63, 3.8) is 0 Å². The molecule has 2 unspecified atom stereocenters. The largest absolute Gasteiger partial charge is 0.380 e. The van der Waals surface area contributed by atoms with E-state index in [9.17, 15) is 15.0 Å². The first kappa shape index (κ1) is 22.8. The molecule has 7 rings (SSSR count). The molecule has 10 nitrogen and oxygen atoms in total. The zero-order chi connectivity index (χ0) is 25.9. The second kappa shape index (κ2) is 8.23. The van der Waals surface area contributed by atoms with Gasteiger partial charge in [0.25, 0.3) is 5.91 Å². The molecular formula is C27H23N7O3. The molecule has 10 heteroatoms. The third-order valence-corrected chi connectivity index (χ3v) is 6.79. The van der Waals surface area contributed by atoms with Crippen molar-refractivity contribution in [3.05, 3.63) is 89.0 Å². The van der Waals surface area contributed by atoms with Crippen molar-refractivity contribution in [2.45, 2.75) is 31.1 Å². The van der Waals surface area contributed by atoms with Crippen LogP contribution in [-0.4, -0.2) is 45.4 Å². The average molecular weight is 494 g/mol. The maximum absolute atomic E-state index is 12.5. The zero-order valence-corrected chi connectivity index (χ0v) is 20.1. The average Bonchev–Trinajstić information content (AvgIpc) is 3.41. The minimum atomic E-state index is -1.55. The van der Waals surface area contributed by atoms with Gasteiger partial charge in [0.1, 0.15) is 11.9 Å². The molecule has 1 amide bonds. The van der Waals surface area contributed by atoms with E-state index in [4.69, 9.17) is 5.73 Å². The Balaban J connectivity index is 1.49. The highest BCUT2D eigenvalue weighted by atomic mass is 16.3. The quantitative estimate of drug-likeness (QED) is 0.368. The van der Waals surface area contributed by atoms with Crippen molar-refractivity contribution >= 4 is 11.5 Å². The van der Waals surface area contributed by atoms with Gasteiger partial charge >= 0.3 is 0 Å². The highest BCUT2D eigenvalue weighted by molar-refractivity contribution is 5.94. The summed E-state index contributed by atoms with van der Waals surface area (Å²) in [5.41, 5.74) is 8.57. The van der Waals surface area contributed by atoms with Crippen LogP contribution in [0.5, 0.6) is 0 Å². The zero-order valence-electron chi connectivity index (χ0n) is 20.1. The third-order valence-electron chi connectivity index (χ3n) is 6.79. The number of aryl methyl sites for hydroxylation is 1. The maximum Gasteiger partial charge on any atom is 0.269 e. The summed E-state index contributed by atoms with van der Waals surface area (Å²) in [5, 5.41) is 26.3. The van der Waals surface area contributed by atoms with Crippen molar-refractivity contribution in [1.29, 1.82) is 0 Å². The molecule has 37 heavy (non-hydrogen) atoms. The Morgan fingerprint density at radius 3 is 2.65 bits per heavy atom. The van der Waals surface area contributed by atoms with E-state index in [1.54, 1.807) is 42.5 Å². The molecule has 1 aromatic carbocycles. The minimum absolute atomic E-state index is 0.0130. The molecule has 3 aromatic heterocycles. The van der Waals surface area contributed by atoms with E-state index in [0.29, 0.717) is 22.8 Å². The number of carbonyl (C=O) groups is 1. The summed E-state index contributed by atoms with van der Waals surface area (Å²) in [4.78, 5) is 25.3. The van der Waals surface area contributed by atoms with E-state index in [1.807, 2.05) is 22.8 Å². The number of aliphatic hydroxyl groups excluding tert-OH is 1. The fourth-order valence-electron chi connectivity index (χ4n) is 4.88. The van der Waals surface area contributed by atoms with Gasteiger partial charge in [-0.2, -0.15) is 5.10 Å². The molecular weight excluding hydrogens is 470 g/mol. The molecule has 1 aliphatic carbocycles. The first-order valence-electron chi connectivity index (χ1n) is 11.7. The lowest BCUT2D eigenvalue weighted by atomic mass is 9.86. The van der Waals surface area contributed by atoms with Crippen molar-refractivity contribution in [2.24, 2.45) is 12.8 Å². The third kappa shape index (κ3) is 3.64. The summed E-state index contributed by atoms with van der Waals surface area (Å²) >= 11 is 0. The lowest BCUT2D eigenvalue weighted by Gasteiger charge is -2.27. The Bertz CT molecular complexity index is 1650. The highest BCUT2D eigenvalue weighted by Crippen LogP contribution is 2.49. The Hall–Kier alpha value is -4.59. The Labute approximate surface area is 212 Å². The van der Waals surface area contributed by atoms with Gasteiger partial charge in [-0.15, -0.1) is 0 Å². The Morgan fingerprint density at radius 1 is 1.22 bits per heavy atom. The van der Waals surface area contributed by atoms with Crippen LogP contribution in [0.2, 0.25) is 0 Å². The van der Waals surface area contributed by atoms with E-state index in [-0.39, 0.29) is 17.6 Å². The summed E-state index contributed by atoms with van der Waals surface area (Å²) in [6.07, 6.45) is 6.36. The van der Waals surface area contributed by atoms with Crippen LogP contribution < -0.4 is 5.73 Å². The van der Waals surface area contributed by atoms with Gasteiger partial charge < -0.3 is 20.5 Å². The fourth-order valence-corrected chi connectivity index (χ4v) is 4.88. The monoisotopic (exact) mass is 493 g/mol.